The number of nitrogens with one attached hydrogen (secondary N) is 1. The van der Waals surface area contributed by atoms with Crippen molar-refractivity contribution in [1.29, 1.82) is 0 Å². The number of hydrogen-bond acceptors (Lipinski definition) is 6. The van der Waals surface area contributed by atoms with Crippen LogP contribution in [0.1, 0.15) is 42.2 Å². The summed E-state index contributed by atoms with van der Waals surface area (Å²) < 4.78 is 5.12. The quantitative estimate of drug-likeness (QED) is 0.380. The normalized spacial score (nSPS) is 12.0. The summed E-state index contributed by atoms with van der Waals surface area (Å²) in [7, 11) is 0. The van der Waals surface area contributed by atoms with Crippen LogP contribution in [0.2, 0.25) is 0 Å². The Kier molecular flexibility index (Phi) is 5.68. The van der Waals surface area contributed by atoms with Crippen molar-refractivity contribution in [3.63, 3.8) is 0 Å². The smallest absolute Gasteiger partial charge is 0.339 e. The molecule has 31 heavy (non-hydrogen) atoms. The molecule has 4 rings (SSSR count). The zero-order valence-electron chi connectivity index (χ0n) is 16.5. The van der Waals surface area contributed by atoms with E-state index >= 15 is 0 Å². The lowest BCUT2D eigenvalue weighted by Crippen LogP contribution is -2.23. The standard InChI is InChI=1S/C24H17NO5S/c1-31-20-9-5-4-8-18(20)24(29)30-13-21(26)25-14-10-11-17-19(12-14)23(28)16-7-3-2-6-15(16)22(17)27/h2-12H,13H2,1H3,(H,25,26). The van der Waals surface area contributed by atoms with Gasteiger partial charge in [-0.3, -0.25) is 14.4 Å². The average Bonchev–Trinajstić information content (AvgIpc) is 2.81. The fourth-order valence-corrected chi connectivity index (χ4v) is 3.98. The number of hydrogen-bond donors (Lipinski definition) is 1. The summed E-state index contributed by atoms with van der Waals surface area (Å²) in [6.07, 6.45) is 1.85. The van der Waals surface area contributed by atoms with E-state index in [0.29, 0.717) is 27.9 Å². The van der Waals surface area contributed by atoms with Gasteiger partial charge < -0.3 is 10.1 Å². The van der Waals surface area contributed by atoms with E-state index in [2.05, 4.69) is 5.32 Å². The highest BCUT2D eigenvalue weighted by Crippen LogP contribution is 2.29. The van der Waals surface area contributed by atoms with E-state index in [4.69, 9.17) is 4.74 Å². The molecule has 1 amide bonds. The van der Waals surface area contributed by atoms with E-state index in [-0.39, 0.29) is 17.1 Å². The summed E-state index contributed by atoms with van der Waals surface area (Å²) in [4.78, 5) is 50.7. The summed E-state index contributed by atoms with van der Waals surface area (Å²) in [6, 6.07) is 18.1. The average molecular weight is 431 g/mol. The number of anilines is 1. The van der Waals surface area contributed by atoms with Gasteiger partial charge in [0.1, 0.15) is 0 Å². The number of thioether (sulfide) groups is 1. The van der Waals surface area contributed by atoms with Gasteiger partial charge in [-0.2, -0.15) is 0 Å². The lowest BCUT2D eigenvalue weighted by atomic mass is 9.84. The predicted molar refractivity (Wildman–Crippen MR) is 117 cm³/mol. The lowest BCUT2D eigenvalue weighted by molar-refractivity contribution is -0.119. The number of ether oxygens (including phenoxy) is 1. The van der Waals surface area contributed by atoms with Crippen LogP contribution in [0.25, 0.3) is 0 Å². The minimum absolute atomic E-state index is 0.229. The fraction of sp³-hybridized carbons (Fsp3) is 0.0833. The van der Waals surface area contributed by atoms with Crippen molar-refractivity contribution >= 4 is 40.9 Å². The van der Waals surface area contributed by atoms with Crippen LogP contribution in [0.15, 0.2) is 71.6 Å². The first kappa shape index (κ1) is 20.6. The van der Waals surface area contributed by atoms with Crippen LogP contribution in [-0.2, 0) is 9.53 Å². The number of carbonyl (C=O) groups excluding carboxylic acids is 4. The second kappa shape index (κ2) is 8.57. The highest BCUT2D eigenvalue weighted by atomic mass is 32.2. The third-order valence-electron chi connectivity index (χ3n) is 4.87. The number of fused-ring (bicyclic) bond motifs is 2. The first-order chi connectivity index (χ1) is 15.0. The molecule has 1 aliphatic carbocycles. The maximum absolute atomic E-state index is 12.8. The SMILES string of the molecule is CSc1ccccc1C(=O)OCC(=O)Nc1ccc2c(c1)C(=O)c1ccccc1C2=O. The Bertz CT molecular complexity index is 1230. The Morgan fingerprint density at radius 2 is 1.45 bits per heavy atom. The van der Waals surface area contributed by atoms with Gasteiger partial charge in [-0.1, -0.05) is 36.4 Å². The molecule has 154 valence electrons. The number of rotatable bonds is 5. The Labute approximate surface area is 182 Å². The van der Waals surface area contributed by atoms with E-state index in [1.807, 2.05) is 12.3 Å². The molecule has 6 nitrogen and oxygen atoms in total. The van der Waals surface area contributed by atoms with E-state index in [1.165, 1.54) is 23.9 Å². The molecule has 1 N–H and O–H groups in total. The van der Waals surface area contributed by atoms with Crippen molar-refractivity contribution in [3.8, 4) is 0 Å². The van der Waals surface area contributed by atoms with Gasteiger partial charge in [-0.05, 0) is 36.6 Å². The molecule has 1 aliphatic rings. The Hall–Kier alpha value is -3.71. The molecule has 0 aromatic heterocycles. The fourth-order valence-electron chi connectivity index (χ4n) is 3.40. The second-order valence-electron chi connectivity index (χ2n) is 6.79. The molecular weight excluding hydrogens is 414 g/mol. The van der Waals surface area contributed by atoms with Crippen LogP contribution in [0.3, 0.4) is 0 Å². The predicted octanol–water partition coefficient (Wildman–Crippen LogP) is 3.98. The molecular formula is C24H17NO5S. The first-order valence-electron chi connectivity index (χ1n) is 9.42. The Morgan fingerprint density at radius 3 is 2.16 bits per heavy atom. The first-order valence-corrected chi connectivity index (χ1v) is 10.6. The van der Waals surface area contributed by atoms with Crippen molar-refractivity contribution in [3.05, 3.63) is 94.5 Å². The number of carbonyl (C=O) groups is 4. The summed E-state index contributed by atoms with van der Waals surface area (Å²) in [5.74, 6) is -1.65. The molecule has 3 aromatic carbocycles. The summed E-state index contributed by atoms with van der Waals surface area (Å²) in [5.41, 5.74) is 1.96. The van der Waals surface area contributed by atoms with Crippen LogP contribution in [-0.4, -0.2) is 36.3 Å². The van der Waals surface area contributed by atoms with Crippen molar-refractivity contribution < 1.29 is 23.9 Å². The molecule has 3 aromatic rings. The van der Waals surface area contributed by atoms with Gasteiger partial charge in [0.25, 0.3) is 5.91 Å². The zero-order chi connectivity index (χ0) is 22.0. The van der Waals surface area contributed by atoms with Gasteiger partial charge in [0.2, 0.25) is 0 Å². The number of benzene rings is 3. The maximum Gasteiger partial charge on any atom is 0.339 e. The number of amides is 1. The van der Waals surface area contributed by atoms with Crippen molar-refractivity contribution in [2.24, 2.45) is 0 Å². The Morgan fingerprint density at radius 1 is 0.839 bits per heavy atom. The molecule has 0 fully saturated rings. The highest BCUT2D eigenvalue weighted by molar-refractivity contribution is 7.98. The van der Waals surface area contributed by atoms with Gasteiger partial charge in [-0.25, -0.2) is 4.79 Å². The zero-order valence-corrected chi connectivity index (χ0v) is 17.3. The van der Waals surface area contributed by atoms with Gasteiger partial charge in [0.05, 0.1) is 5.56 Å². The van der Waals surface area contributed by atoms with Gasteiger partial charge in [-0.15, -0.1) is 11.8 Å². The van der Waals surface area contributed by atoms with E-state index < -0.39 is 18.5 Å². The molecule has 7 heteroatoms. The molecule has 0 saturated heterocycles. The molecule has 0 heterocycles. The van der Waals surface area contributed by atoms with Crippen LogP contribution >= 0.6 is 11.8 Å². The van der Waals surface area contributed by atoms with Crippen LogP contribution in [0, 0.1) is 0 Å². The van der Waals surface area contributed by atoms with E-state index in [1.54, 1.807) is 48.5 Å². The van der Waals surface area contributed by atoms with Crippen molar-refractivity contribution in [2.45, 2.75) is 4.90 Å². The largest absolute Gasteiger partial charge is 0.452 e. The van der Waals surface area contributed by atoms with E-state index in [9.17, 15) is 19.2 Å². The Balaban J connectivity index is 1.46. The molecule has 0 spiro atoms. The van der Waals surface area contributed by atoms with Crippen molar-refractivity contribution in [2.75, 3.05) is 18.2 Å². The molecule has 0 saturated carbocycles. The summed E-state index contributed by atoms with van der Waals surface area (Å²) in [6.45, 7) is -0.478. The van der Waals surface area contributed by atoms with Crippen molar-refractivity contribution in [1.82, 2.24) is 0 Å². The van der Waals surface area contributed by atoms with Gasteiger partial charge in [0.15, 0.2) is 18.2 Å². The molecule has 0 atom stereocenters. The minimum atomic E-state index is -0.595. The van der Waals surface area contributed by atoms with Crippen LogP contribution in [0.5, 0.6) is 0 Å². The summed E-state index contributed by atoms with van der Waals surface area (Å²) in [5, 5.41) is 2.60. The van der Waals surface area contributed by atoms with Crippen LogP contribution in [0.4, 0.5) is 5.69 Å². The van der Waals surface area contributed by atoms with Gasteiger partial charge in [0, 0.05) is 32.8 Å². The number of esters is 1. The monoisotopic (exact) mass is 431 g/mol. The highest BCUT2D eigenvalue weighted by Gasteiger charge is 2.29. The topological polar surface area (TPSA) is 89.5 Å². The third-order valence-corrected chi connectivity index (χ3v) is 5.67. The molecule has 0 radical (unpaired) electrons. The maximum atomic E-state index is 12.8. The molecule has 0 bridgehead atoms. The number of ketones is 2. The molecule has 0 aliphatic heterocycles. The summed E-state index contributed by atoms with van der Waals surface area (Å²) >= 11 is 1.41. The molecule has 0 unspecified atom stereocenters. The lowest BCUT2D eigenvalue weighted by Gasteiger charge is -2.18. The van der Waals surface area contributed by atoms with Crippen LogP contribution < -0.4 is 5.32 Å². The van der Waals surface area contributed by atoms with Gasteiger partial charge >= 0.3 is 5.97 Å². The van der Waals surface area contributed by atoms with E-state index in [0.717, 1.165) is 4.90 Å². The second-order valence-corrected chi connectivity index (χ2v) is 7.64. The minimum Gasteiger partial charge on any atom is -0.452 e. The third kappa shape index (κ3) is 4.00.